The minimum absolute atomic E-state index is 0.0935. The number of carbonyl (C=O) groups excluding carboxylic acids is 4. The van der Waals surface area contributed by atoms with Gasteiger partial charge in [0.2, 0.25) is 6.41 Å². The number of anilines is 1. The predicted octanol–water partition coefficient (Wildman–Crippen LogP) is 3.23. The van der Waals surface area contributed by atoms with Gasteiger partial charge in [0.1, 0.15) is 29.9 Å². The molecule has 5 rings (SSSR count). The maximum absolute atomic E-state index is 13.7. The fourth-order valence-electron chi connectivity index (χ4n) is 4.54. The number of hydrogen-bond acceptors (Lipinski definition) is 10. The Morgan fingerprint density at radius 3 is 2.40 bits per heavy atom. The lowest BCUT2D eigenvalue weighted by molar-refractivity contribution is -0.154. The Hall–Kier alpha value is -4.75. The molecule has 2 aromatic carbocycles. The molecule has 0 spiro atoms. The molecule has 2 aliphatic rings. The van der Waals surface area contributed by atoms with Gasteiger partial charge in [-0.3, -0.25) is 19.3 Å². The fraction of sp³-hybridized carbons (Fsp3) is 0.172. The number of oxime groups is 1. The summed E-state index contributed by atoms with van der Waals surface area (Å²) < 4.78 is 6.05. The smallest absolute Gasteiger partial charge is 0.356 e. The summed E-state index contributed by atoms with van der Waals surface area (Å²) in [6.45, 7) is 3.83. The topological polar surface area (TPSA) is 139 Å². The van der Waals surface area contributed by atoms with Gasteiger partial charge < -0.3 is 20.2 Å². The summed E-state index contributed by atoms with van der Waals surface area (Å²) in [5.41, 5.74) is 2.19. The lowest BCUT2D eigenvalue weighted by atomic mass is 10.0. The van der Waals surface area contributed by atoms with Crippen molar-refractivity contribution in [1.29, 1.82) is 0 Å². The van der Waals surface area contributed by atoms with Crippen molar-refractivity contribution in [2.45, 2.75) is 17.5 Å². The monoisotopic (exact) mass is 603 g/mol. The van der Waals surface area contributed by atoms with E-state index in [1.807, 2.05) is 60.7 Å². The van der Waals surface area contributed by atoms with Gasteiger partial charge >= 0.3 is 5.97 Å². The van der Waals surface area contributed by atoms with E-state index in [2.05, 4.69) is 27.4 Å². The lowest BCUT2D eigenvalue weighted by Crippen LogP contribution is -2.71. The third kappa shape index (κ3) is 5.69. The summed E-state index contributed by atoms with van der Waals surface area (Å²) in [7, 11) is 1.27. The Bertz CT molecular complexity index is 1530. The number of amides is 3. The molecule has 11 nitrogen and oxygen atoms in total. The number of aromatic nitrogens is 1. The number of ether oxygens (including phenoxy) is 1. The number of nitrogens with one attached hydrogen (secondary N) is 2. The fourth-order valence-corrected chi connectivity index (χ4v) is 6.54. The Balaban J connectivity index is 1.36. The SMILES string of the molecule is C=CC1=C(C(=O)OC(c2ccccc2)c2ccccc2)N2C(=O)C(NC(=O)/C(=N\OC)c3csc(NC=O)n3)[C@H]2SC1. The first-order valence-corrected chi connectivity index (χ1v) is 14.6. The van der Waals surface area contributed by atoms with Crippen LogP contribution in [0.3, 0.4) is 0 Å². The van der Waals surface area contributed by atoms with Crippen molar-refractivity contribution in [3.8, 4) is 0 Å². The molecule has 0 saturated carbocycles. The van der Waals surface area contributed by atoms with Crippen LogP contribution in [-0.4, -0.2) is 64.1 Å². The van der Waals surface area contributed by atoms with Crippen molar-refractivity contribution in [1.82, 2.24) is 15.2 Å². The maximum atomic E-state index is 13.7. The van der Waals surface area contributed by atoms with E-state index in [0.717, 1.165) is 22.5 Å². The van der Waals surface area contributed by atoms with E-state index in [1.54, 1.807) is 0 Å². The molecule has 13 heteroatoms. The summed E-state index contributed by atoms with van der Waals surface area (Å²) in [5, 5.41) is 10.1. The molecule has 0 aliphatic carbocycles. The number of rotatable bonds is 11. The molecule has 3 heterocycles. The van der Waals surface area contributed by atoms with Crippen molar-refractivity contribution in [2.75, 3.05) is 18.2 Å². The first kappa shape index (κ1) is 28.8. The zero-order chi connectivity index (χ0) is 29.6. The molecular formula is C29H25N5O6S2. The third-order valence-electron chi connectivity index (χ3n) is 6.48. The third-order valence-corrected chi connectivity index (χ3v) is 8.56. The largest absolute Gasteiger partial charge is 0.448 e. The number of esters is 1. The zero-order valence-electron chi connectivity index (χ0n) is 22.3. The molecular weight excluding hydrogens is 578 g/mol. The number of carbonyl (C=O) groups is 4. The minimum Gasteiger partial charge on any atom is -0.448 e. The van der Waals surface area contributed by atoms with Gasteiger partial charge in [-0.15, -0.1) is 23.1 Å². The second-order valence-corrected chi connectivity index (χ2v) is 10.9. The van der Waals surface area contributed by atoms with Crippen LogP contribution in [0.4, 0.5) is 5.13 Å². The molecule has 0 radical (unpaired) electrons. The number of thioether (sulfide) groups is 1. The summed E-state index contributed by atoms with van der Waals surface area (Å²) >= 11 is 2.48. The summed E-state index contributed by atoms with van der Waals surface area (Å²) in [6.07, 6.45) is 1.30. The van der Waals surface area contributed by atoms with Crippen LogP contribution < -0.4 is 10.6 Å². The molecule has 1 fully saturated rings. The molecule has 2 atom stereocenters. The number of thiazole rings is 1. The summed E-state index contributed by atoms with van der Waals surface area (Å²) in [6, 6.07) is 17.7. The van der Waals surface area contributed by atoms with Crippen LogP contribution in [-0.2, 0) is 28.8 Å². The highest BCUT2D eigenvalue weighted by molar-refractivity contribution is 8.00. The zero-order valence-corrected chi connectivity index (χ0v) is 23.9. The number of allylic oxidation sites excluding steroid dienone is 1. The van der Waals surface area contributed by atoms with Crippen LogP contribution in [0.2, 0.25) is 0 Å². The lowest BCUT2D eigenvalue weighted by Gasteiger charge is -2.49. The van der Waals surface area contributed by atoms with Crippen LogP contribution >= 0.6 is 23.1 Å². The summed E-state index contributed by atoms with van der Waals surface area (Å²) in [4.78, 5) is 61.4. The van der Waals surface area contributed by atoms with Crippen molar-refractivity contribution >= 4 is 58.1 Å². The highest BCUT2D eigenvalue weighted by Gasteiger charge is 2.54. The van der Waals surface area contributed by atoms with Gasteiger partial charge in [0, 0.05) is 11.1 Å². The molecule has 3 aromatic rings. The van der Waals surface area contributed by atoms with Gasteiger partial charge in [-0.1, -0.05) is 78.5 Å². The van der Waals surface area contributed by atoms with Crippen LogP contribution in [0, 0.1) is 0 Å². The molecule has 2 N–H and O–H groups in total. The van der Waals surface area contributed by atoms with E-state index in [0.29, 0.717) is 17.7 Å². The molecule has 1 unspecified atom stereocenters. The van der Waals surface area contributed by atoms with Crippen molar-refractivity contribution in [3.05, 3.63) is 107 Å². The van der Waals surface area contributed by atoms with Crippen LogP contribution in [0.15, 0.2) is 95.1 Å². The normalized spacial score (nSPS) is 18.1. The Morgan fingerprint density at radius 1 is 1.14 bits per heavy atom. The number of benzene rings is 2. The van der Waals surface area contributed by atoms with Crippen molar-refractivity contribution < 1.29 is 28.8 Å². The second-order valence-electron chi connectivity index (χ2n) is 8.97. The Labute approximate surface area is 249 Å². The standard InChI is InChI=1S/C29H25N5O6S2/c1-3-17-14-41-27-22(32-25(36)21(33-39-2)20-15-42-29(31-20)30-16-35)26(37)34(27)23(17)28(38)40-24(18-10-6-4-7-11-18)19-12-8-5-9-13-19/h3-13,15-16,22,24,27H,1,14H2,2H3,(H,32,36)(H,30,31,35)/b33-21-/t22?,27-/m1/s1. The average Bonchev–Trinajstić information content (AvgIpc) is 3.49. The van der Waals surface area contributed by atoms with E-state index in [4.69, 9.17) is 9.57 Å². The van der Waals surface area contributed by atoms with E-state index >= 15 is 0 Å². The molecule has 3 amide bonds. The van der Waals surface area contributed by atoms with Gasteiger partial charge in [-0.05, 0) is 16.7 Å². The highest BCUT2D eigenvalue weighted by Crippen LogP contribution is 2.42. The van der Waals surface area contributed by atoms with Crippen molar-refractivity contribution in [3.63, 3.8) is 0 Å². The van der Waals surface area contributed by atoms with Gasteiger partial charge in [-0.2, -0.15) is 0 Å². The van der Waals surface area contributed by atoms with Crippen LogP contribution in [0.5, 0.6) is 0 Å². The van der Waals surface area contributed by atoms with E-state index in [1.165, 1.54) is 35.2 Å². The highest BCUT2D eigenvalue weighted by atomic mass is 32.2. The predicted molar refractivity (Wildman–Crippen MR) is 158 cm³/mol. The van der Waals surface area contributed by atoms with Gasteiger partial charge in [-0.25, -0.2) is 9.78 Å². The average molecular weight is 604 g/mol. The Morgan fingerprint density at radius 2 is 1.81 bits per heavy atom. The van der Waals surface area contributed by atoms with E-state index in [-0.39, 0.29) is 22.2 Å². The maximum Gasteiger partial charge on any atom is 0.356 e. The van der Waals surface area contributed by atoms with Gasteiger partial charge in [0.15, 0.2) is 16.9 Å². The summed E-state index contributed by atoms with van der Waals surface area (Å²) in [5.74, 6) is -1.48. The quantitative estimate of drug-likeness (QED) is 0.112. The molecule has 2 aliphatic heterocycles. The number of nitrogens with zero attached hydrogens (tertiary/aromatic N) is 3. The molecule has 42 heavy (non-hydrogen) atoms. The second kappa shape index (κ2) is 12.8. The molecule has 1 aromatic heterocycles. The minimum atomic E-state index is -0.941. The van der Waals surface area contributed by atoms with Gasteiger partial charge in [0.25, 0.3) is 11.8 Å². The molecule has 214 valence electrons. The molecule has 0 bridgehead atoms. The van der Waals surface area contributed by atoms with Crippen molar-refractivity contribution in [2.24, 2.45) is 5.16 Å². The first-order chi connectivity index (χ1) is 20.5. The number of β-lactam (4-membered cyclic amide) rings is 1. The van der Waals surface area contributed by atoms with E-state index < -0.39 is 35.3 Å². The van der Waals surface area contributed by atoms with Gasteiger partial charge in [0.05, 0.1) is 0 Å². The first-order valence-electron chi connectivity index (χ1n) is 12.7. The van der Waals surface area contributed by atoms with E-state index in [9.17, 15) is 19.2 Å². The Kier molecular flexibility index (Phi) is 8.79. The number of hydrogen-bond donors (Lipinski definition) is 2. The van der Waals surface area contributed by atoms with Crippen LogP contribution in [0.1, 0.15) is 22.9 Å². The number of fused-ring (bicyclic) bond motifs is 1. The van der Waals surface area contributed by atoms with Crippen LogP contribution in [0.25, 0.3) is 0 Å². The molecule has 1 saturated heterocycles.